The average molecular weight is 378 g/mol. The molecular weight excluding hydrogens is 358 g/mol. The van der Waals surface area contributed by atoms with Crippen LogP contribution in [0.25, 0.3) is 0 Å². The maximum absolute atomic E-state index is 4.60. The SMILES string of the molecule is CCNc1cc(C)nc(N2CCN(c3ncc(Br)cn3)CC2)n1. The molecule has 0 unspecified atom stereocenters. The third-order valence-electron chi connectivity index (χ3n) is 3.65. The Morgan fingerprint density at radius 1 is 1.04 bits per heavy atom. The predicted octanol–water partition coefficient (Wildman–Crippen LogP) is 2.10. The highest BCUT2D eigenvalue weighted by molar-refractivity contribution is 9.10. The van der Waals surface area contributed by atoms with Crippen LogP contribution >= 0.6 is 15.9 Å². The summed E-state index contributed by atoms with van der Waals surface area (Å²) >= 11 is 3.36. The Hall–Kier alpha value is -1.96. The van der Waals surface area contributed by atoms with Crippen molar-refractivity contribution in [1.29, 1.82) is 0 Å². The zero-order valence-electron chi connectivity index (χ0n) is 13.3. The van der Waals surface area contributed by atoms with Crippen molar-refractivity contribution in [2.24, 2.45) is 0 Å². The number of nitrogens with zero attached hydrogens (tertiary/aromatic N) is 6. The van der Waals surface area contributed by atoms with E-state index in [0.29, 0.717) is 0 Å². The maximum atomic E-state index is 4.60. The lowest BCUT2D eigenvalue weighted by atomic mass is 10.3. The Labute approximate surface area is 144 Å². The van der Waals surface area contributed by atoms with Gasteiger partial charge in [0.2, 0.25) is 11.9 Å². The van der Waals surface area contributed by atoms with Gasteiger partial charge in [0.1, 0.15) is 5.82 Å². The van der Waals surface area contributed by atoms with E-state index in [4.69, 9.17) is 0 Å². The van der Waals surface area contributed by atoms with Crippen molar-refractivity contribution in [3.8, 4) is 0 Å². The quantitative estimate of drug-likeness (QED) is 0.874. The van der Waals surface area contributed by atoms with Crippen LogP contribution in [-0.2, 0) is 0 Å². The molecule has 0 saturated carbocycles. The normalized spacial score (nSPS) is 14.9. The number of hydrogen-bond acceptors (Lipinski definition) is 7. The number of piperazine rings is 1. The third-order valence-corrected chi connectivity index (χ3v) is 4.06. The second-order valence-electron chi connectivity index (χ2n) is 5.40. The molecule has 0 aromatic carbocycles. The number of nitrogens with one attached hydrogen (secondary N) is 1. The molecule has 2 aromatic rings. The van der Waals surface area contributed by atoms with E-state index in [1.54, 1.807) is 12.4 Å². The zero-order chi connectivity index (χ0) is 16.2. The van der Waals surface area contributed by atoms with Crippen LogP contribution in [0.3, 0.4) is 0 Å². The van der Waals surface area contributed by atoms with Gasteiger partial charge >= 0.3 is 0 Å². The van der Waals surface area contributed by atoms with E-state index in [1.165, 1.54) is 0 Å². The summed E-state index contributed by atoms with van der Waals surface area (Å²) in [5.74, 6) is 2.44. The molecule has 1 saturated heterocycles. The first-order chi connectivity index (χ1) is 11.2. The Morgan fingerprint density at radius 3 is 2.26 bits per heavy atom. The van der Waals surface area contributed by atoms with Gasteiger partial charge in [-0.3, -0.25) is 0 Å². The highest BCUT2D eigenvalue weighted by atomic mass is 79.9. The Balaban J connectivity index is 1.68. The van der Waals surface area contributed by atoms with Crippen molar-refractivity contribution >= 4 is 33.6 Å². The largest absolute Gasteiger partial charge is 0.370 e. The van der Waals surface area contributed by atoms with Gasteiger partial charge in [-0.1, -0.05) is 0 Å². The van der Waals surface area contributed by atoms with Crippen LogP contribution in [0, 0.1) is 6.92 Å². The highest BCUT2D eigenvalue weighted by Crippen LogP contribution is 2.18. The van der Waals surface area contributed by atoms with Crippen LogP contribution in [0.5, 0.6) is 0 Å². The standard InChI is InChI=1S/C15H20BrN7/c1-3-17-13-8-11(2)20-15(21-13)23-6-4-22(5-7-23)14-18-9-12(16)10-19-14/h8-10H,3-7H2,1-2H3,(H,17,20,21). The highest BCUT2D eigenvalue weighted by Gasteiger charge is 2.21. The summed E-state index contributed by atoms with van der Waals surface area (Å²) in [6, 6.07) is 1.97. The molecule has 1 fully saturated rings. The van der Waals surface area contributed by atoms with Crippen LogP contribution in [0.4, 0.5) is 17.7 Å². The summed E-state index contributed by atoms with van der Waals surface area (Å²) in [4.78, 5) is 22.3. The van der Waals surface area contributed by atoms with Gasteiger partial charge < -0.3 is 15.1 Å². The predicted molar refractivity (Wildman–Crippen MR) is 95.1 cm³/mol. The minimum atomic E-state index is 0.770. The molecule has 1 aliphatic rings. The van der Waals surface area contributed by atoms with Gasteiger partial charge in [-0.2, -0.15) is 4.98 Å². The molecule has 3 heterocycles. The number of anilines is 3. The Morgan fingerprint density at radius 2 is 1.65 bits per heavy atom. The van der Waals surface area contributed by atoms with Crippen molar-refractivity contribution in [2.45, 2.75) is 13.8 Å². The number of aryl methyl sites for hydroxylation is 1. The molecule has 0 bridgehead atoms. The second-order valence-corrected chi connectivity index (χ2v) is 6.32. The summed E-state index contributed by atoms with van der Waals surface area (Å²) < 4.78 is 0.893. The number of hydrogen-bond donors (Lipinski definition) is 1. The van der Waals surface area contributed by atoms with E-state index in [0.717, 1.165) is 60.6 Å². The summed E-state index contributed by atoms with van der Waals surface area (Å²) in [6.07, 6.45) is 3.56. The first-order valence-corrected chi connectivity index (χ1v) is 8.52. The van der Waals surface area contributed by atoms with Crippen molar-refractivity contribution in [2.75, 3.05) is 47.8 Å². The van der Waals surface area contributed by atoms with Crippen molar-refractivity contribution in [3.05, 3.63) is 28.6 Å². The van der Waals surface area contributed by atoms with Gasteiger partial charge in [-0.05, 0) is 29.8 Å². The lowest BCUT2D eigenvalue weighted by Crippen LogP contribution is -2.47. The minimum Gasteiger partial charge on any atom is -0.370 e. The van der Waals surface area contributed by atoms with Crippen molar-refractivity contribution < 1.29 is 0 Å². The Bertz CT molecular complexity index is 653. The third kappa shape index (κ3) is 3.87. The second kappa shape index (κ2) is 7.08. The molecule has 0 amide bonds. The van der Waals surface area contributed by atoms with Gasteiger partial charge in [0.15, 0.2) is 0 Å². The maximum Gasteiger partial charge on any atom is 0.227 e. The van der Waals surface area contributed by atoms with E-state index in [1.807, 2.05) is 13.0 Å². The smallest absolute Gasteiger partial charge is 0.227 e. The Kier molecular flexibility index (Phi) is 4.90. The average Bonchev–Trinajstić information content (AvgIpc) is 2.55. The molecule has 0 spiro atoms. The van der Waals surface area contributed by atoms with E-state index in [9.17, 15) is 0 Å². The monoisotopic (exact) mass is 377 g/mol. The van der Waals surface area contributed by atoms with E-state index >= 15 is 0 Å². The number of halogens is 1. The summed E-state index contributed by atoms with van der Waals surface area (Å²) in [5.41, 5.74) is 0.977. The van der Waals surface area contributed by atoms with E-state index in [-0.39, 0.29) is 0 Å². The van der Waals surface area contributed by atoms with E-state index < -0.39 is 0 Å². The number of aromatic nitrogens is 4. The summed E-state index contributed by atoms with van der Waals surface area (Å²) in [6.45, 7) is 8.34. The fourth-order valence-electron chi connectivity index (χ4n) is 2.54. The van der Waals surface area contributed by atoms with Crippen LogP contribution in [-0.4, -0.2) is 52.7 Å². The van der Waals surface area contributed by atoms with Gasteiger partial charge in [0, 0.05) is 56.9 Å². The first-order valence-electron chi connectivity index (χ1n) is 7.72. The molecule has 1 N–H and O–H groups in total. The number of rotatable bonds is 4. The molecule has 7 nitrogen and oxygen atoms in total. The molecule has 0 aliphatic carbocycles. The molecule has 8 heteroatoms. The fraction of sp³-hybridized carbons (Fsp3) is 0.467. The van der Waals surface area contributed by atoms with Gasteiger partial charge in [-0.25, -0.2) is 15.0 Å². The summed E-state index contributed by atoms with van der Waals surface area (Å²) in [7, 11) is 0. The van der Waals surface area contributed by atoms with Gasteiger partial charge in [0.25, 0.3) is 0 Å². The van der Waals surface area contributed by atoms with Gasteiger partial charge in [0.05, 0.1) is 4.47 Å². The van der Waals surface area contributed by atoms with Gasteiger partial charge in [-0.15, -0.1) is 0 Å². The zero-order valence-corrected chi connectivity index (χ0v) is 14.9. The molecule has 0 radical (unpaired) electrons. The van der Waals surface area contributed by atoms with Crippen LogP contribution in [0.15, 0.2) is 22.9 Å². The van der Waals surface area contributed by atoms with Crippen LogP contribution in [0.2, 0.25) is 0 Å². The molecule has 3 rings (SSSR count). The fourth-order valence-corrected chi connectivity index (χ4v) is 2.75. The lowest BCUT2D eigenvalue weighted by molar-refractivity contribution is 0.627. The lowest BCUT2D eigenvalue weighted by Gasteiger charge is -2.34. The van der Waals surface area contributed by atoms with Crippen LogP contribution < -0.4 is 15.1 Å². The molecule has 23 heavy (non-hydrogen) atoms. The van der Waals surface area contributed by atoms with E-state index in [2.05, 4.69) is 57.9 Å². The first kappa shape index (κ1) is 15.9. The minimum absolute atomic E-state index is 0.770. The van der Waals surface area contributed by atoms with Crippen LogP contribution in [0.1, 0.15) is 12.6 Å². The molecule has 2 aromatic heterocycles. The summed E-state index contributed by atoms with van der Waals surface area (Å²) in [5, 5.41) is 3.26. The topological polar surface area (TPSA) is 70.1 Å². The van der Waals surface area contributed by atoms with Crippen molar-refractivity contribution in [3.63, 3.8) is 0 Å². The van der Waals surface area contributed by atoms with Crippen molar-refractivity contribution in [1.82, 2.24) is 19.9 Å². The molecule has 122 valence electrons. The molecule has 0 atom stereocenters. The molecule has 1 aliphatic heterocycles. The molecular formula is C15H20BrN7.